The van der Waals surface area contributed by atoms with Crippen molar-refractivity contribution in [2.24, 2.45) is 0 Å². The lowest BCUT2D eigenvalue weighted by Crippen LogP contribution is -2.46. The van der Waals surface area contributed by atoms with Gasteiger partial charge >= 0.3 is 11.9 Å². The van der Waals surface area contributed by atoms with E-state index in [0.717, 1.165) is 38.2 Å². The number of aliphatic carboxylic acids is 2. The van der Waals surface area contributed by atoms with Crippen molar-refractivity contribution in [2.75, 3.05) is 39.5 Å². The summed E-state index contributed by atoms with van der Waals surface area (Å²) in [4.78, 5) is 27.9. The molecule has 0 spiro atoms. The average Bonchev–Trinajstić information content (AvgIpc) is 2.94. The average molecular weight is 491 g/mol. The fourth-order valence-corrected chi connectivity index (χ4v) is 5.40. The Morgan fingerprint density at radius 3 is 2.27 bits per heavy atom. The zero-order valence-electron chi connectivity index (χ0n) is 18.5. The molecule has 2 aromatic carbocycles. The van der Waals surface area contributed by atoms with Gasteiger partial charge in [-0.15, -0.1) is 11.8 Å². The van der Waals surface area contributed by atoms with Crippen molar-refractivity contribution >= 4 is 35.5 Å². The zero-order valence-corrected chi connectivity index (χ0v) is 20.2. The second-order valence-corrected chi connectivity index (χ2v) is 9.79. The Balaban J connectivity index is 0.000000331. The van der Waals surface area contributed by atoms with E-state index in [-0.39, 0.29) is 5.82 Å². The first kappa shape index (κ1) is 25.3. The van der Waals surface area contributed by atoms with Crippen LogP contribution in [0.4, 0.5) is 4.39 Å². The maximum absolute atomic E-state index is 13.9. The maximum Gasteiger partial charge on any atom is 0.328 e. The number of halogens is 1. The number of rotatable bonds is 4. The van der Waals surface area contributed by atoms with Crippen LogP contribution in [0.1, 0.15) is 17.2 Å². The second kappa shape index (κ2) is 11.7. The van der Waals surface area contributed by atoms with Crippen LogP contribution in [0, 0.1) is 5.82 Å². The highest BCUT2D eigenvalue weighted by Crippen LogP contribution is 2.44. The lowest BCUT2D eigenvalue weighted by molar-refractivity contribution is -0.134. The summed E-state index contributed by atoms with van der Waals surface area (Å²) in [5.74, 6) is -2.65. The SMILES string of the molecule is CSc1ccc2c(c1)C(N1CCN(C)CC1)Cc1cc(F)ccc1S2.O=C(O)/C=C/C(=O)O. The van der Waals surface area contributed by atoms with Gasteiger partial charge in [-0.05, 0) is 67.2 Å². The van der Waals surface area contributed by atoms with Gasteiger partial charge in [0.2, 0.25) is 0 Å². The summed E-state index contributed by atoms with van der Waals surface area (Å²) in [7, 11) is 2.19. The molecule has 2 aliphatic heterocycles. The Bertz CT molecular complexity index is 1020. The van der Waals surface area contributed by atoms with E-state index in [1.54, 1.807) is 35.7 Å². The molecule has 4 rings (SSSR count). The molecule has 0 aromatic heterocycles. The van der Waals surface area contributed by atoms with Gasteiger partial charge in [0.05, 0.1) is 0 Å². The van der Waals surface area contributed by atoms with E-state index in [0.29, 0.717) is 18.2 Å². The van der Waals surface area contributed by atoms with E-state index < -0.39 is 11.9 Å². The summed E-state index contributed by atoms with van der Waals surface area (Å²) in [6, 6.07) is 12.4. The number of hydrogen-bond donors (Lipinski definition) is 2. The van der Waals surface area contributed by atoms with Crippen LogP contribution >= 0.6 is 23.5 Å². The van der Waals surface area contributed by atoms with E-state index in [4.69, 9.17) is 10.2 Å². The van der Waals surface area contributed by atoms with Crippen molar-refractivity contribution in [2.45, 2.75) is 27.1 Å². The molecule has 0 aliphatic carbocycles. The largest absolute Gasteiger partial charge is 0.478 e. The predicted octanol–water partition coefficient (Wildman–Crippen LogP) is 4.26. The van der Waals surface area contributed by atoms with Crippen LogP contribution in [0.2, 0.25) is 0 Å². The summed E-state index contributed by atoms with van der Waals surface area (Å²) in [5, 5.41) is 15.6. The summed E-state index contributed by atoms with van der Waals surface area (Å²) >= 11 is 3.57. The van der Waals surface area contributed by atoms with Crippen molar-refractivity contribution in [1.29, 1.82) is 0 Å². The Morgan fingerprint density at radius 1 is 1.03 bits per heavy atom. The van der Waals surface area contributed by atoms with Gasteiger partial charge in [0, 0.05) is 59.1 Å². The highest BCUT2D eigenvalue weighted by molar-refractivity contribution is 7.99. The number of carbonyl (C=O) groups is 2. The summed E-state index contributed by atoms with van der Waals surface area (Å²) in [6.45, 7) is 4.33. The highest BCUT2D eigenvalue weighted by atomic mass is 32.2. The van der Waals surface area contributed by atoms with Gasteiger partial charge in [0.25, 0.3) is 0 Å². The fraction of sp³-hybridized carbons (Fsp3) is 0.333. The number of carboxylic acids is 2. The molecule has 176 valence electrons. The van der Waals surface area contributed by atoms with Crippen molar-refractivity contribution in [3.8, 4) is 0 Å². The first-order valence-corrected chi connectivity index (χ1v) is 12.5. The highest BCUT2D eigenvalue weighted by Gasteiger charge is 2.29. The minimum absolute atomic E-state index is 0.132. The molecular formula is C24H27FN2O4S2. The van der Waals surface area contributed by atoms with Crippen LogP contribution < -0.4 is 0 Å². The second-order valence-electron chi connectivity index (χ2n) is 7.83. The predicted molar refractivity (Wildman–Crippen MR) is 129 cm³/mol. The molecule has 1 fully saturated rings. The summed E-state index contributed by atoms with van der Waals surface area (Å²) < 4.78 is 13.9. The normalized spacial score (nSPS) is 18.6. The molecule has 0 saturated carbocycles. The third-order valence-electron chi connectivity index (χ3n) is 5.58. The van der Waals surface area contributed by atoms with Crippen LogP contribution in [-0.4, -0.2) is 71.4 Å². The molecule has 0 radical (unpaired) electrons. The first-order valence-electron chi connectivity index (χ1n) is 10.5. The van der Waals surface area contributed by atoms with Gasteiger partial charge in [0.1, 0.15) is 5.82 Å². The molecule has 2 aromatic rings. The third kappa shape index (κ3) is 7.07. The molecular weight excluding hydrogens is 463 g/mol. The summed E-state index contributed by atoms with van der Waals surface area (Å²) in [5.41, 5.74) is 2.54. The molecule has 1 unspecified atom stereocenters. The van der Waals surface area contributed by atoms with Crippen LogP contribution in [0.5, 0.6) is 0 Å². The van der Waals surface area contributed by atoms with E-state index in [2.05, 4.69) is 41.3 Å². The minimum Gasteiger partial charge on any atom is -0.478 e. The number of fused-ring (bicyclic) bond motifs is 2. The molecule has 6 nitrogen and oxygen atoms in total. The molecule has 1 atom stereocenters. The van der Waals surface area contributed by atoms with Gasteiger partial charge in [-0.25, -0.2) is 14.0 Å². The Morgan fingerprint density at radius 2 is 1.67 bits per heavy atom. The van der Waals surface area contributed by atoms with Gasteiger partial charge in [0.15, 0.2) is 0 Å². The van der Waals surface area contributed by atoms with Crippen LogP contribution in [0.25, 0.3) is 0 Å². The molecule has 1 saturated heterocycles. The quantitative estimate of drug-likeness (QED) is 0.486. The van der Waals surface area contributed by atoms with Gasteiger partial charge in [-0.2, -0.15) is 0 Å². The Kier molecular flexibility index (Phi) is 8.96. The van der Waals surface area contributed by atoms with Crippen LogP contribution in [0.3, 0.4) is 0 Å². The maximum atomic E-state index is 13.9. The fourth-order valence-electron chi connectivity index (χ4n) is 3.85. The molecule has 33 heavy (non-hydrogen) atoms. The Labute approximate surface area is 201 Å². The third-order valence-corrected chi connectivity index (χ3v) is 7.51. The van der Waals surface area contributed by atoms with Crippen LogP contribution in [0.15, 0.2) is 63.2 Å². The van der Waals surface area contributed by atoms with E-state index in [1.165, 1.54) is 20.2 Å². The number of likely N-dealkylation sites (N-methyl/N-ethyl adjacent to an activating group) is 1. The van der Waals surface area contributed by atoms with Crippen molar-refractivity contribution in [1.82, 2.24) is 9.80 Å². The zero-order chi connectivity index (χ0) is 24.0. The molecule has 2 aliphatic rings. The lowest BCUT2D eigenvalue weighted by atomic mass is 9.96. The lowest BCUT2D eigenvalue weighted by Gasteiger charge is -2.38. The van der Waals surface area contributed by atoms with Gasteiger partial charge in [-0.1, -0.05) is 11.8 Å². The summed E-state index contributed by atoms with van der Waals surface area (Å²) in [6.07, 6.45) is 4.12. The molecule has 2 heterocycles. The molecule has 2 N–H and O–H groups in total. The van der Waals surface area contributed by atoms with Crippen LogP contribution in [-0.2, 0) is 16.0 Å². The Hall–Kier alpha value is -2.33. The standard InChI is InChI=1S/C20H23FN2S2.C4H4O4/c1-22-7-9-23(10-8-22)18-12-14-11-15(21)3-5-19(14)25-20-6-4-16(24-2)13-17(18)20;5-3(6)1-2-4(7)8/h3-6,11,13,18H,7-10,12H2,1-2H3;1-2H,(H,5,6)(H,7,8)/b;2-1+. The van der Waals surface area contributed by atoms with E-state index in [1.807, 2.05) is 6.07 Å². The van der Waals surface area contributed by atoms with Gasteiger partial charge in [-0.3, -0.25) is 4.90 Å². The number of benzene rings is 2. The topological polar surface area (TPSA) is 81.1 Å². The molecule has 0 bridgehead atoms. The monoisotopic (exact) mass is 490 g/mol. The van der Waals surface area contributed by atoms with Gasteiger partial charge < -0.3 is 15.1 Å². The molecule has 9 heteroatoms. The molecule has 0 amide bonds. The number of carboxylic acid groups (broad SMARTS) is 2. The van der Waals surface area contributed by atoms with Crippen molar-refractivity contribution in [3.05, 3.63) is 65.5 Å². The smallest absolute Gasteiger partial charge is 0.328 e. The number of piperazine rings is 1. The first-order chi connectivity index (χ1) is 15.8. The number of nitrogens with zero attached hydrogens (tertiary/aromatic N) is 2. The van der Waals surface area contributed by atoms with Crippen molar-refractivity contribution in [3.63, 3.8) is 0 Å². The number of hydrogen-bond acceptors (Lipinski definition) is 6. The number of thioether (sulfide) groups is 1. The van der Waals surface area contributed by atoms with Crippen molar-refractivity contribution < 1.29 is 24.2 Å². The van der Waals surface area contributed by atoms with E-state index >= 15 is 0 Å². The minimum atomic E-state index is -1.26. The van der Waals surface area contributed by atoms with E-state index in [9.17, 15) is 14.0 Å².